The van der Waals surface area contributed by atoms with E-state index < -0.39 is 23.5 Å². The zero-order valence-electron chi connectivity index (χ0n) is 14.9. The van der Waals surface area contributed by atoms with E-state index in [-0.39, 0.29) is 11.3 Å². The van der Waals surface area contributed by atoms with Crippen LogP contribution in [0.1, 0.15) is 28.6 Å². The second kappa shape index (κ2) is 7.58. The molecule has 0 saturated heterocycles. The van der Waals surface area contributed by atoms with Crippen LogP contribution in [0.25, 0.3) is 0 Å². The Morgan fingerprint density at radius 3 is 2.54 bits per heavy atom. The molecule has 1 amide bonds. The van der Waals surface area contributed by atoms with Gasteiger partial charge in [0.25, 0.3) is 5.91 Å². The number of hydrogen-bond donors (Lipinski definition) is 1. The van der Waals surface area contributed by atoms with Gasteiger partial charge in [0.2, 0.25) is 5.78 Å². The predicted molar refractivity (Wildman–Crippen MR) is 96.8 cm³/mol. The zero-order valence-corrected chi connectivity index (χ0v) is 14.9. The molecule has 0 saturated carbocycles. The van der Waals surface area contributed by atoms with Crippen molar-refractivity contribution < 1.29 is 19.1 Å². The van der Waals surface area contributed by atoms with Gasteiger partial charge < -0.3 is 19.3 Å². The highest BCUT2D eigenvalue weighted by molar-refractivity contribution is 6.14. The number of Topliss-reactive ketones (excluding diaryl/α,β-unsaturated/α-hetero) is 1. The fraction of sp³-hybridized carbons (Fsp3) is 0.300. The van der Waals surface area contributed by atoms with Gasteiger partial charge in [-0.05, 0) is 44.8 Å². The SMILES string of the molecule is CN(C)CCCN1C(=O)C(O)=C(C(=O)c2ccco2)C1c1ccccc1. The van der Waals surface area contributed by atoms with Gasteiger partial charge in [0.15, 0.2) is 11.5 Å². The zero-order chi connectivity index (χ0) is 18.7. The molecule has 1 aliphatic rings. The van der Waals surface area contributed by atoms with Crippen LogP contribution in [0.3, 0.4) is 0 Å². The lowest BCUT2D eigenvalue weighted by atomic mass is 9.95. The van der Waals surface area contributed by atoms with E-state index in [9.17, 15) is 14.7 Å². The number of nitrogens with zero attached hydrogens (tertiary/aromatic N) is 2. The molecule has 136 valence electrons. The molecule has 0 bridgehead atoms. The maximum Gasteiger partial charge on any atom is 0.290 e. The van der Waals surface area contributed by atoms with Crippen molar-refractivity contribution in [3.05, 3.63) is 71.4 Å². The molecule has 6 heteroatoms. The normalized spacial score (nSPS) is 17.4. The highest BCUT2D eigenvalue weighted by atomic mass is 16.3. The van der Waals surface area contributed by atoms with Crippen molar-refractivity contribution in [1.29, 1.82) is 0 Å². The Balaban J connectivity index is 1.97. The molecule has 26 heavy (non-hydrogen) atoms. The molecule has 1 aromatic carbocycles. The molecule has 2 heterocycles. The lowest BCUT2D eigenvalue weighted by Gasteiger charge is -2.27. The first-order valence-corrected chi connectivity index (χ1v) is 8.52. The smallest absolute Gasteiger partial charge is 0.290 e. The van der Waals surface area contributed by atoms with Crippen LogP contribution < -0.4 is 0 Å². The fourth-order valence-electron chi connectivity index (χ4n) is 3.20. The topological polar surface area (TPSA) is 74.0 Å². The number of benzene rings is 1. The number of carbonyl (C=O) groups is 2. The summed E-state index contributed by atoms with van der Waals surface area (Å²) in [6.45, 7) is 1.24. The number of aliphatic hydroxyl groups is 1. The van der Waals surface area contributed by atoms with Crippen LogP contribution in [0.15, 0.2) is 64.5 Å². The molecule has 2 aromatic rings. The Morgan fingerprint density at radius 2 is 1.92 bits per heavy atom. The average molecular weight is 354 g/mol. The molecule has 0 spiro atoms. The number of rotatable bonds is 7. The third kappa shape index (κ3) is 3.41. The minimum Gasteiger partial charge on any atom is -0.503 e. The van der Waals surface area contributed by atoms with Gasteiger partial charge in [-0.1, -0.05) is 30.3 Å². The predicted octanol–water partition coefficient (Wildman–Crippen LogP) is 2.81. The number of carbonyl (C=O) groups excluding carboxylic acids is 2. The number of amides is 1. The second-order valence-corrected chi connectivity index (χ2v) is 6.54. The number of furan rings is 1. The van der Waals surface area contributed by atoms with Crippen molar-refractivity contribution in [2.75, 3.05) is 27.2 Å². The summed E-state index contributed by atoms with van der Waals surface area (Å²) < 4.78 is 5.19. The lowest BCUT2D eigenvalue weighted by molar-refractivity contribution is -0.129. The molecule has 0 radical (unpaired) electrons. The average Bonchev–Trinajstić information content (AvgIpc) is 3.24. The van der Waals surface area contributed by atoms with Crippen molar-refractivity contribution >= 4 is 11.7 Å². The summed E-state index contributed by atoms with van der Waals surface area (Å²) in [7, 11) is 3.92. The Bertz CT molecular complexity index is 810. The van der Waals surface area contributed by atoms with E-state index in [1.807, 2.05) is 49.3 Å². The van der Waals surface area contributed by atoms with Crippen LogP contribution in [-0.4, -0.2) is 53.8 Å². The molecule has 1 N–H and O–H groups in total. The first-order valence-electron chi connectivity index (χ1n) is 8.52. The monoisotopic (exact) mass is 354 g/mol. The molecule has 1 atom stereocenters. The summed E-state index contributed by atoms with van der Waals surface area (Å²) in [6, 6.07) is 11.8. The van der Waals surface area contributed by atoms with E-state index in [1.165, 1.54) is 12.3 Å². The molecule has 0 aliphatic carbocycles. The third-order valence-corrected chi connectivity index (χ3v) is 4.41. The van der Waals surface area contributed by atoms with Crippen molar-refractivity contribution in [3.63, 3.8) is 0 Å². The minimum absolute atomic E-state index is 0.0704. The molecule has 1 aliphatic heterocycles. The van der Waals surface area contributed by atoms with Crippen molar-refractivity contribution in [2.45, 2.75) is 12.5 Å². The number of ketones is 1. The van der Waals surface area contributed by atoms with Crippen molar-refractivity contribution in [3.8, 4) is 0 Å². The maximum absolute atomic E-state index is 12.9. The number of hydrogen-bond acceptors (Lipinski definition) is 5. The molecule has 6 nitrogen and oxygen atoms in total. The summed E-state index contributed by atoms with van der Waals surface area (Å²) in [5, 5.41) is 10.5. The Labute approximate surface area is 152 Å². The summed E-state index contributed by atoms with van der Waals surface area (Å²) in [6.07, 6.45) is 2.13. The van der Waals surface area contributed by atoms with Crippen LogP contribution in [0.5, 0.6) is 0 Å². The van der Waals surface area contributed by atoms with Gasteiger partial charge in [0, 0.05) is 6.54 Å². The van der Waals surface area contributed by atoms with E-state index in [2.05, 4.69) is 0 Å². The summed E-state index contributed by atoms with van der Waals surface area (Å²) >= 11 is 0. The van der Waals surface area contributed by atoms with Gasteiger partial charge in [-0.3, -0.25) is 9.59 Å². The van der Waals surface area contributed by atoms with E-state index in [0.29, 0.717) is 6.54 Å². The Kier molecular flexibility index (Phi) is 5.23. The van der Waals surface area contributed by atoms with Gasteiger partial charge >= 0.3 is 0 Å². The largest absolute Gasteiger partial charge is 0.503 e. The fourth-order valence-corrected chi connectivity index (χ4v) is 3.20. The van der Waals surface area contributed by atoms with Gasteiger partial charge in [-0.2, -0.15) is 0 Å². The highest BCUT2D eigenvalue weighted by Crippen LogP contribution is 2.38. The minimum atomic E-state index is -0.622. The van der Waals surface area contributed by atoms with Crippen LogP contribution in [-0.2, 0) is 4.79 Å². The van der Waals surface area contributed by atoms with Crippen LogP contribution in [0, 0.1) is 0 Å². The first kappa shape index (κ1) is 17.9. The van der Waals surface area contributed by atoms with Crippen LogP contribution in [0.4, 0.5) is 0 Å². The van der Waals surface area contributed by atoms with E-state index in [4.69, 9.17) is 4.42 Å². The van der Waals surface area contributed by atoms with Crippen molar-refractivity contribution in [1.82, 2.24) is 9.80 Å². The first-order chi connectivity index (χ1) is 12.5. The summed E-state index contributed by atoms with van der Waals surface area (Å²) in [4.78, 5) is 29.1. The van der Waals surface area contributed by atoms with E-state index in [0.717, 1.165) is 18.5 Å². The van der Waals surface area contributed by atoms with E-state index in [1.54, 1.807) is 11.0 Å². The van der Waals surface area contributed by atoms with Gasteiger partial charge in [-0.25, -0.2) is 0 Å². The lowest BCUT2D eigenvalue weighted by Crippen LogP contribution is -2.33. The Hall–Kier alpha value is -2.86. The standard InChI is InChI=1S/C20H22N2O4/c1-21(2)11-7-12-22-17(14-8-4-3-5-9-14)16(19(24)20(22)25)18(23)15-10-6-13-26-15/h3-6,8-10,13,17,24H,7,11-12H2,1-2H3. The molecule has 0 fully saturated rings. The Morgan fingerprint density at radius 1 is 1.19 bits per heavy atom. The van der Waals surface area contributed by atoms with Crippen LogP contribution >= 0.6 is 0 Å². The third-order valence-electron chi connectivity index (χ3n) is 4.41. The van der Waals surface area contributed by atoms with Gasteiger partial charge in [0.05, 0.1) is 17.9 Å². The number of aliphatic hydroxyl groups excluding tert-OH is 1. The second-order valence-electron chi connectivity index (χ2n) is 6.54. The van der Waals surface area contributed by atoms with Gasteiger partial charge in [-0.15, -0.1) is 0 Å². The van der Waals surface area contributed by atoms with Crippen molar-refractivity contribution in [2.24, 2.45) is 0 Å². The molecular weight excluding hydrogens is 332 g/mol. The highest BCUT2D eigenvalue weighted by Gasteiger charge is 2.44. The molecular formula is C20H22N2O4. The summed E-state index contributed by atoms with van der Waals surface area (Å²) in [5.74, 6) is -1.38. The molecule has 1 unspecified atom stereocenters. The molecule has 3 rings (SSSR count). The van der Waals surface area contributed by atoms with Gasteiger partial charge in [0.1, 0.15) is 0 Å². The maximum atomic E-state index is 12.9. The van der Waals surface area contributed by atoms with Crippen LogP contribution in [0.2, 0.25) is 0 Å². The van der Waals surface area contributed by atoms with E-state index >= 15 is 0 Å². The quantitative estimate of drug-likeness (QED) is 0.774. The molecule has 1 aromatic heterocycles. The summed E-state index contributed by atoms with van der Waals surface area (Å²) in [5.41, 5.74) is 0.852.